The number of methoxy groups -OCH3 is 1. The molecule has 0 aromatic rings. The monoisotopic (exact) mass is 192 g/mol. The highest BCUT2D eigenvalue weighted by Gasteiger charge is 2.22. The molecule has 0 radical (unpaired) electrons. The molecule has 0 aromatic carbocycles. The van der Waals surface area contributed by atoms with E-state index in [1.54, 1.807) is 0 Å². The molecule has 0 bridgehead atoms. The van der Waals surface area contributed by atoms with Crippen LogP contribution in [0.15, 0.2) is 0 Å². The number of aliphatic carboxylic acids is 1. The van der Waals surface area contributed by atoms with Crippen molar-refractivity contribution in [3.05, 3.63) is 0 Å². The fourth-order valence-electron chi connectivity index (χ4n) is 0.695. The van der Waals surface area contributed by atoms with Gasteiger partial charge in [0.25, 0.3) is 0 Å². The first kappa shape index (κ1) is 12.0. The maximum absolute atomic E-state index is 10.6. The minimum atomic E-state index is -1.62. The number of ether oxygens (including phenoxy) is 1. The van der Waals surface area contributed by atoms with Gasteiger partial charge in [-0.15, -0.1) is 0 Å². The molecule has 0 rings (SSSR count). The van der Waals surface area contributed by atoms with Gasteiger partial charge in [0.05, 0.1) is 12.7 Å². The maximum atomic E-state index is 10.6. The molecule has 0 amide bonds. The molecule has 0 aromatic heterocycles. The average molecular weight is 192 g/mol. The molecule has 0 heterocycles. The second kappa shape index (κ2) is 5.63. The molecule has 0 fully saturated rings. The molecule has 0 saturated carbocycles. The summed E-state index contributed by atoms with van der Waals surface area (Å²) in [5.41, 5.74) is 0. The minimum Gasteiger partial charge on any atom is -0.475 e. The van der Waals surface area contributed by atoms with Gasteiger partial charge >= 0.3 is 5.97 Å². The Morgan fingerprint density at radius 1 is 1.31 bits per heavy atom. The van der Waals surface area contributed by atoms with Crippen molar-refractivity contribution < 1.29 is 29.6 Å². The highest BCUT2D eigenvalue weighted by Crippen LogP contribution is 2.00. The van der Waals surface area contributed by atoms with Crippen LogP contribution in [0.25, 0.3) is 0 Å². The fourth-order valence-corrected chi connectivity index (χ4v) is 0.695. The maximum Gasteiger partial charge on any atom is 0.372 e. The Morgan fingerprint density at radius 2 is 1.85 bits per heavy atom. The Kier molecular flexibility index (Phi) is 5.20. The van der Waals surface area contributed by atoms with Crippen molar-refractivity contribution in [2.75, 3.05) is 13.7 Å². The first-order chi connectivity index (χ1) is 5.99. The molecule has 3 N–H and O–H groups in total. The summed E-state index contributed by atoms with van der Waals surface area (Å²) in [5, 5.41) is 26.3. The lowest BCUT2D eigenvalue weighted by molar-refractivity contribution is -0.151. The molecule has 6 nitrogen and oxygen atoms in total. The van der Waals surface area contributed by atoms with Crippen molar-refractivity contribution in [2.45, 2.75) is 18.6 Å². The molecule has 0 aliphatic rings. The van der Waals surface area contributed by atoms with Crippen LogP contribution in [0.4, 0.5) is 0 Å². The van der Waals surface area contributed by atoms with Crippen molar-refractivity contribution >= 4 is 11.8 Å². The fraction of sp³-hybridized carbons (Fsp3) is 0.714. The zero-order chi connectivity index (χ0) is 10.4. The van der Waals surface area contributed by atoms with Gasteiger partial charge in [0.15, 0.2) is 0 Å². The number of ketones is 1. The molecule has 0 aliphatic carbocycles. The van der Waals surface area contributed by atoms with Gasteiger partial charge in [0, 0.05) is 13.5 Å². The van der Waals surface area contributed by atoms with Gasteiger partial charge in [-0.2, -0.15) is 0 Å². The van der Waals surface area contributed by atoms with Gasteiger partial charge in [-0.3, -0.25) is 4.79 Å². The van der Waals surface area contributed by atoms with Crippen LogP contribution in [0.5, 0.6) is 0 Å². The molecule has 0 unspecified atom stereocenters. The lowest BCUT2D eigenvalue weighted by Gasteiger charge is -2.14. The van der Waals surface area contributed by atoms with Crippen molar-refractivity contribution in [1.82, 2.24) is 0 Å². The summed E-state index contributed by atoms with van der Waals surface area (Å²) < 4.78 is 4.50. The van der Waals surface area contributed by atoms with Gasteiger partial charge in [0.1, 0.15) is 6.10 Å². The highest BCUT2D eigenvalue weighted by molar-refractivity contribution is 6.32. The smallest absolute Gasteiger partial charge is 0.372 e. The van der Waals surface area contributed by atoms with E-state index in [2.05, 4.69) is 4.74 Å². The number of rotatable bonds is 6. The Hall–Kier alpha value is -0.980. The first-order valence-corrected chi connectivity index (χ1v) is 3.60. The Balaban J connectivity index is 3.91. The zero-order valence-corrected chi connectivity index (χ0v) is 7.14. The number of carbonyl (C=O) groups excluding carboxylic acids is 1. The topological polar surface area (TPSA) is 104 Å². The van der Waals surface area contributed by atoms with E-state index in [0.717, 1.165) is 0 Å². The number of hydrogen-bond donors (Lipinski definition) is 3. The van der Waals surface area contributed by atoms with Crippen LogP contribution in [0.1, 0.15) is 6.42 Å². The molecular weight excluding hydrogens is 180 g/mol. The summed E-state index contributed by atoms with van der Waals surface area (Å²) in [6.45, 7) is -0.145. The highest BCUT2D eigenvalue weighted by atomic mass is 16.5. The molecule has 76 valence electrons. The third kappa shape index (κ3) is 4.56. The van der Waals surface area contributed by atoms with E-state index >= 15 is 0 Å². The minimum absolute atomic E-state index is 0.145. The number of Topliss-reactive ketones (excluding diaryl/α,β-unsaturated/α-hetero) is 1. The molecule has 0 spiro atoms. The van der Waals surface area contributed by atoms with Crippen LogP contribution in [0.3, 0.4) is 0 Å². The van der Waals surface area contributed by atoms with Crippen LogP contribution < -0.4 is 0 Å². The molecule has 6 heteroatoms. The second-order valence-electron chi connectivity index (χ2n) is 2.52. The Labute approximate surface area is 74.7 Å². The number of aliphatic hydroxyl groups is 2. The third-order valence-electron chi connectivity index (χ3n) is 1.41. The van der Waals surface area contributed by atoms with Crippen molar-refractivity contribution in [3.63, 3.8) is 0 Å². The summed E-state index contributed by atoms with van der Waals surface area (Å²) >= 11 is 0. The second-order valence-corrected chi connectivity index (χ2v) is 2.52. The van der Waals surface area contributed by atoms with E-state index in [1.165, 1.54) is 7.11 Å². The van der Waals surface area contributed by atoms with Crippen molar-refractivity contribution in [1.29, 1.82) is 0 Å². The molecular formula is C7H12O6. The van der Waals surface area contributed by atoms with E-state index in [1.807, 2.05) is 0 Å². The summed E-state index contributed by atoms with van der Waals surface area (Å²) in [6.07, 6.45) is -3.25. The lowest BCUT2D eigenvalue weighted by Crippen LogP contribution is -2.33. The molecule has 0 saturated heterocycles. The predicted molar refractivity (Wildman–Crippen MR) is 41.1 cm³/mol. The van der Waals surface area contributed by atoms with Gasteiger partial charge in [-0.25, -0.2) is 4.79 Å². The average Bonchev–Trinajstić information content (AvgIpc) is 2.04. The van der Waals surface area contributed by atoms with Crippen LogP contribution in [-0.4, -0.2) is 53.0 Å². The Bertz CT molecular complexity index is 189. The largest absolute Gasteiger partial charge is 0.475 e. The quantitative estimate of drug-likeness (QED) is 0.438. The number of carboxylic acids is 1. The number of carbonyl (C=O) groups is 2. The zero-order valence-electron chi connectivity index (χ0n) is 7.14. The van der Waals surface area contributed by atoms with E-state index in [0.29, 0.717) is 0 Å². The van der Waals surface area contributed by atoms with E-state index in [-0.39, 0.29) is 6.61 Å². The van der Waals surface area contributed by atoms with E-state index in [9.17, 15) is 9.59 Å². The summed E-state index contributed by atoms with van der Waals surface area (Å²) in [6, 6.07) is 0. The summed E-state index contributed by atoms with van der Waals surface area (Å²) in [4.78, 5) is 20.6. The van der Waals surface area contributed by atoms with Crippen LogP contribution in [-0.2, 0) is 14.3 Å². The number of carboxylic acid groups (broad SMARTS) is 1. The standard InChI is InChI=1S/C7H12O6/c1-13-3-6(10)4(8)2-5(9)7(11)12/h4,6,8,10H,2-3H2,1H3,(H,11,12)/t4-,6+/m0/s1. The van der Waals surface area contributed by atoms with Crippen LogP contribution in [0.2, 0.25) is 0 Å². The van der Waals surface area contributed by atoms with E-state index in [4.69, 9.17) is 15.3 Å². The summed E-state index contributed by atoms with van der Waals surface area (Å²) in [7, 11) is 1.31. The summed E-state index contributed by atoms with van der Waals surface area (Å²) in [5.74, 6) is -2.76. The molecule has 0 aliphatic heterocycles. The SMILES string of the molecule is COC[C@@H](O)[C@@H](O)CC(=O)C(=O)O. The predicted octanol–water partition coefficient (Wildman–Crippen LogP) is -1.60. The molecule has 13 heavy (non-hydrogen) atoms. The normalized spacial score (nSPS) is 15.0. The van der Waals surface area contributed by atoms with Crippen molar-refractivity contribution in [2.24, 2.45) is 0 Å². The Morgan fingerprint density at radius 3 is 2.23 bits per heavy atom. The van der Waals surface area contributed by atoms with Gasteiger partial charge < -0.3 is 20.1 Å². The molecule has 2 atom stereocenters. The van der Waals surface area contributed by atoms with Gasteiger partial charge in [-0.1, -0.05) is 0 Å². The van der Waals surface area contributed by atoms with Crippen LogP contribution >= 0.6 is 0 Å². The first-order valence-electron chi connectivity index (χ1n) is 3.60. The lowest BCUT2D eigenvalue weighted by atomic mass is 10.1. The number of aliphatic hydroxyl groups excluding tert-OH is 2. The number of hydrogen-bond acceptors (Lipinski definition) is 5. The van der Waals surface area contributed by atoms with Gasteiger partial charge in [-0.05, 0) is 0 Å². The van der Waals surface area contributed by atoms with Gasteiger partial charge in [0.2, 0.25) is 5.78 Å². The van der Waals surface area contributed by atoms with Crippen molar-refractivity contribution in [3.8, 4) is 0 Å². The van der Waals surface area contributed by atoms with E-state index < -0.39 is 30.4 Å². The van der Waals surface area contributed by atoms with Crippen LogP contribution in [0, 0.1) is 0 Å². The third-order valence-corrected chi connectivity index (χ3v) is 1.41.